The number of aromatic nitrogens is 5. The number of rotatable bonds is 4. The van der Waals surface area contributed by atoms with Crippen LogP contribution in [0.25, 0.3) is 5.69 Å². The quantitative estimate of drug-likeness (QED) is 0.610. The van der Waals surface area contributed by atoms with Crippen LogP contribution in [0.3, 0.4) is 0 Å². The third-order valence-corrected chi connectivity index (χ3v) is 3.22. The smallest absolute Gasteiger partial charge is 0.337 e. The molecule has 0 atom stereocenters. The Morgan fingerprint density at radius 2 is 2.20 bits per heavy atom. The Hall–Kier alpha value is -4.00. The number of nitrogens with zero attached hydrogens (tertiary/aromatic N) is 4. The van der Waals surface area contributed by atoms with E-state index in [9.17, 15) is 14.0 Å². The second-order valence-corrected chi connectivity index (χ2v) is 4.79. The van der Waals surface area contributed by atoms with Gasteiger partial charge in [0.2, 0.25) is 0 Å². The Kier molecular flexibility index (Phi) is 3.97. The van der Waals surface area contributed by atoms with Gasteiger partial charge in [0.05, 0.1) is 29.2 Å². The van der Waals surface area contributed by atoms with Crippen molar-refractivity contribution < 1.29 is 19.1 Å². The van der Waals surface area contributed by atoms with Gasteiger partial charge in [0.25, 0.3) is 5.91 Å². The standard InChI is InChI=1S/C15H9FN6O3/c1-2-8-3-12(10(15(24)25)4-11(8)16)19-14(23)13-7-22(21-20-13)9-5-17-18-6-9/h1,3-7H,(H,17,18)(H,19,23)(H,24,25). The fourth-order valence-corrected chi connectivity index (χ4v) is 2.01. The summed E-state index contributed by atoms with van der Waals surface area (Å²) in [5.41, 5.74) is -0.294. The van der Waals surface area contributed by atoms with Gasteiger partial charge in [-0.3, -0.25) is 9.89 Å². The van der Waals surface area contributed by atoms with Crippen LogP contribution in [-0.2, 0) is 0 Å². The molecule has 124 valence electrons. The molecule has 0 saturated heterocycles. The molecule has 0 radical (unpaired) electrons. The molecule has 2 aromatic heterocycles. The van der Waals surface area contributed by atoms with Gasteiger partial charge < -0.3 is 10.4 Å². The van der Waals surface area contributed by atoms with E-state index in [0.29, 0.717) is 5.69 Å². The molecule has 0 aliphatic heterocycles. The zero-order valence-corrected chi connectivity index (χ0v) is 12.4. The third-order valence-electron chi connectivity index (χ3n) is 3.22. The summed E-state index contributed by atoms with van der Waals surface area (Å²) >= 11 is 0. The first-order valence-corrected chi connectivity index (χ1v) is 6.76. The predicted octanol–water partition coefficient (Wildman–Crippen LogP) is 1.06. The highest BCUT2D eigenvalue weighted by Gasteiger charge is 2.19. The Morgan fingerprint density at radius 1 is 1.40 bits per heavy atom. The first-order chi connectivity index (χ1) is 12.0. The van der Waals surface area contributed by atoms with Crippen molar-refractivity contribution in [2.24, 2.45) is 0 Å². The van der Waals surface area contributed by atoms with Crippen LogP contribution in [0.5, 0.6) is 0 Å². The van der Waals surface area contributed by atoms with E-state index in [1.807, 2.05) is 0 Å². The normalized spacial score (nSPS) is 10.2. The highest BCUT2D eigenvalue weighted by molar-refractivity contribution is 6.06. The molecule has 3 N–H and O–H groups in total. The topological polar surface area (TPSA) is 126 Å². The average Bonchev–Trinajstić information content (AvgIpc) is 3.26. The van der Waals surface area contributed by atoms with Crippen LogP contribution < -0.4 is 5.32 Å². The van der Waals surface area contributed by atoms with Crippen LogP contribution in [0, 0.1) is 18.2 Å². The van der Waals surface area contributed by atoms with Gasteiger partial charge in [0.15, 0.2) is 5.69 Å². The average molecular weight is 340 g/mol. The van der Waals surface area contributed by atoms with Crippen molar-refractivity contribution >= 4 is 17.6 Å². The molecule has 10 heteroatoms. The van der Waals surface area contributed by atoms with Gasteiger partial charge in [0.1, 0.15) is 11.5 Å². The molecule has 2 heterocycles. The number of carboxylic acids is 1. The van der Waals surface area contributed by atoms with Crippen LogP contribution in [-0.4, -0.2) is 42.2 Å². The zero-order valence-electron chi connectivity index (χ0n) is 12.4. The van der Waals surface area contributed by atoms with Crippen LogP contribution in [0.1, 0.15) is 26.4 Å². The first-order valence-electron chi connectivity index (χ1n) is 6.76. The summed E-state index contributed by atoms with van der Waals surface area (Å²) in [7, 11) is 0. The molecule has 0 aliphatic rings. The summed E-state index contributed by atoms with van der Waals surface area (Å²) in [6.07, 6.45) is 9.50. The largest absolute Gasteiger partial charge is 0.478 e. The van der Waals surface area contributed by atoms with E-state index in [1.165, 1.54) is 23.3 Å². The highest BCUT2D eigenvalue weighted by atomic mass is 19.1. The number of H-pyrrole nitrogens is 1. The molecule has 0 aliphatic carbocycles. The predicted molar refractivity (Wildman–Crippen MR) is 82.8 cm³/mol. The van der Waals surface area contributed by atoms with Crippen molar-refractivity contribution in [3.8, 4) is 18.0 Å². The molecule has 0 spiro atoms. The Morgan fingerprint density at radius 3 is 2.84 bits per heavy atom. The van der Waals surface area contributed by atoms with Crippen molar-refractivity contribution in [2.45, 2.75) is 0 Å². The van der Waals surface area contributed by atoms with Gasteiger partial charge in [-0.05, 0) is 12.1 Å². The van der Waals surface area contributed by atoms with E-state index in [-0.39, 0.29) is 16.9 Å². The molecular formula is C15H9FN6O3. The van der Waals surface area contributed by atoms with Crippen molar-refractivity contribution in [3.63, 3.8) is 0 Å². The monoisotopic (exact) mass is 340 g/mol. The van der Waals surface area contributed by atoms with E-state index >= 15 is 0 Å². The van der Waals surface area contributed by atoms with E-state index in [0.717, 1.165) is 12.1 Å². The van der Waals surface area contributed by atoms with Crippen LogP contribution in [0.4, 0.5) is 10.1 Å². The number of terminal acetylenes is 1. The van der Waals surface area contributed by atoms with Gasteiger partial charge >= 0.3 is 5.97 Å². The second-order valence-electron chi connectivity index (χ2n) is 4.79. The number of anilines is 1. The van der Waals surface area contributed by atoms with Crippen LogP contribution >= 0.6 is 0 Å². The number of halogens is 1. The molecule has 1 aromatic carbocycles. The number of aromatic carboxylic acids is 1. The minimum atomic E-state index is -1.42. The lowest BCUT2D eigenvalue weighted by molar-refractivity contribution is 0.0697. The lowest BCUT2D eigenvalue weighted by atomic mass is 10.1. The number of hydrogen-bond donors (Lipinski definition) is 3. The van der Waals surface area contributed by atoms with Crippen molar-refractivity contribution in [2.75, 3.05) is 5.32 Å². The van der Waals surface area contributed by atoms with Gasteiger partial charge in [-0.1, -0.05) is 11.1 Å². The van der Waals surface area contributed by atoms with Gasteiger partial charge in [0, 0.05) is 6.20 Å². The second kappa shape index (κ2) is 6.25. The molecule has 0 unspecified atom stereocenters. The van der Waals surface area contributed by atoms with E-state index < -0.39 is 23.3 Å². The van der Waals surface area contributed by atoms with Gasteiger partial charge in [-0.25, -0.2) is 13.9 Å². The highest BCUT2D eigenvalue weighted by Crippen LogP contribution is 2.21. The number of carbonyl (C=O) groups is 2. The number of benzene rings is 1. The van der Waals surface area contributed by atoms with Crippen LogP contribution in [0.15, 0.2) is 30.7 Å². The van der Waals surface area contributed by atoms with Gasteiger partial charge in [-0.15, -0.1) is 11.5 Å². The SMILES string of the molecule is C#Cc1cc(NC(=O)c2cn(-c3cn[nH]c3)nn2)c(C(=O)O)cc1F. The van der Waals surface area contributed by atoms with Crippen molar-refractivity contribution in [1.82, 2.24) is 25.2 Å². The number of hydrogen-bond acceptors (Lipinski definition) is 5. The molecule has 1 amide bonds. The lowest BCUT2D eigenvalue weighted by Gasteiger charge is -2.08. The Labute approximate surface area is 139 Å². The molecule has 3 rings (SSSR count). The number of nitrogens with one attached hydrogen (secondary N) is 2. The maximum absolute atomic E-state index is 13.7. The molecule has 0 bridgehead atoms. The molecule has 3 aromatic rings. The van der Waals surface area contributed by atoms with E-state index in [2.05, 4.69) is 31.7 Å². The third kappa shape index (κ3) is 3.06. The summed E-state index contributed by atoms with van der Waals surface area (Å²) in [4.78, 5) is 23.5. The fourth-order valence-electron chi connectivity index (χ4n) is 2.01. The number of carboxylic acid groups (broad SMARTS) is 1. The molecule has 9 nitrogen and oxygen atoms in total. The number of aromatic amines is 1. The van der Waals surface area contributed by atoms with Gasteiger partial charge in [-0.2, -0.15) is 5.10 Å². The molecule has 25 heavy (non-hydrogen) atoms. The number of carbonyl (C=O) groups excluding carboxylic acids is 1. The summed E-state index contributed by atoms with van der Waals surface area (Å²) in [6, 6.07) is 1.81. The number of amides is 1. The first kappa shape index (κ1) is 15.9. The fraction of sp³-hybridized carbons (Fsp3) is 0. The van der Waals surface area contributed by atoms with Crippen molar-refractivity contribution in [1.29, 1.82) is 0 Å². The summed E-state index contributed by atoms with van der Waals surface area (Å²) in [5, 5.41) is 25.3. The summed E-state index contributed by atoms with van der Waals surface area (Å²) < 4.78 is 15.0. The van der Waals surface area contributed by atoms with E-state index in [4.69, 9.17) is 11.5 Å². The van der Waals surface area contributed by atoms with Crippen molar-refractivity contribution in [3.05, 3.63) is 53.4 Å². The molecule has 0 saturated carbocycles. The molecular weight excluding hydrogens is 331 g/mol. The maximum atomic E-state index is 13.7. The van der Waals surface area contributed by atoms with E-state index in [1.54, 1.807) is 0 Å². The zero-order chi connectivity index (χ0) is 18.0. The Balaban J connectivity index is 1.91. The minimum absolute atomic E-state index is 0.0795. The minimum Gasteiger partial charge on any atom is -0.478 e. The summed E-state index contributed by atoms with van der Waals surface area (Å²) in [5.74, 6) is -0.942. The van der Waals surface area contributed by atoms with Crippen LogP contribution in [0.2, 0.25) is 0 Å². The summed E-state index contributed by atoms with van der Waals surface area (Å²) in [6.45, 7) is 0. The molecule has 0 fully saturated rings. The Bertz CT molecular complexity index is 1000. The lowest BCUT2D eigenvalue weighted by Crippen LogP contribution is -2.16. The maximum Gasteiger partial charge on any atom is 0.337 e.